The summed E-state index contributed by atoms with van der Waals surface area (Å²) in [5, 5.41) is 3.91. The van der Waals surface area contributed by atoms with E-state index in [0.717, 1.165) is 39.7 Å². The predicted octanol–water partition coefficient (Wildman–Crippen LogP) is 3.96. The third kappa shape index (κ3) is 3.20. The fraction of sp³-hybridized carbons (Fsp3) is 0.333. The van der Waals surface area contributed by atoms with E-state index in [0.29, 0.717) is 0 Å². The van der Waals surface area contributed by atoms with Crippen LogP contribution in [-0.2, 0) is 6.42 Å². The largest absolute Gasteiger partial charge is 0.321 e. The monoisotopic (exact) mass is 274 g/mol. The normalized spacial score (nSPS) is 10.5. The third-order valence-corrected chi connectivity index (χ3v) is 3.90. The third-order valence-electron chi connectivity index (χ3n) is 2.89. The number of para-hydroxylation sites is 1. The van der Waals surface area contributed by atoms with Crippen molar-refractivity contribution in [3.05, 3.63) is 45.4 Å². The maximum absolute atomic E-state index is 12.3. The Bertz CT molecular complexity index is 590. The number of hydrogen-bond donors (Lipinski definition) is 1. The zero-order chi connectivity index (χ0) is 13.8. The van der Waals surface area contributed by atoms with E-state index < -0.39 is 0 Å². The average Bonchev–Trinajstić information content (AvgIpc) is 2.74. The van der Waals surface area contributed by atoms with Gasteiger partial charge in [0.2, 0.25) is 0 Å². The van der Waals surface area contributed by atoms with E-state index in [4.69, 9.17) is 0 Å². The number of benzene rings is 1. The van der Waals surface area contributed by atoms with Crippen LogP contribution in [0.1, 0.15) is 39.3 Å². The number of nitrogens with one attached hydrogen (secondary N) is 1. The second-order valence-corrected chi connectivity index (χ2v) is 5.73. The molecule has 0 saturated heterocycles. The summed E-state index contributed by atoms with van der Waals surface area (Å²) in [6, 6.07) is 7.79. The molecule has 0 saturated carbocycles. The highest BCUT2D eigenvalue weighted by molar-refractivity contribution is 7.13. The van der Waals surface area contributed by atoms with E-state index in [1.54, 1.807) is 0 Å². The molecular formula is C15H18N2OS. The maximum atomic E-state index is 12.3. The fourth-order valence-corrected chi connectivity index (χ4v) is 2.81. The number of rotatable bonds is 4. The molecule has 4 heteroatoms. The molecule has 0 unspecified atom stereocenters. The van der Waals surface area contributed by atoms with Crippen LogP contribution < -0.4 is 5.32 Å². The Balaban J connectivity index is 2.23. The van der Waals surface area contributed by atoms with Crippen LogP contribution in [0.4, 0.5) is 5.69 Å². The fourth-order valence-electron chi connectivity index (χ4n) is 1.95. The molecule has 1 N–H and O–H groups in total. The Morgan fingerprint density at radius 2 is 2.05 bits per heavy atom. The van der Waals surface area contributed by atoms with Gasteiger partial charge in [-0.3, -0.25) is 4.79 Å². The van der Waals surface area contributed by atoms with Crippen molar-refractivity contribution < 1.29 is 4.79 Å². The van der Waals surface area contributed by atoms with Gasteiger partial charge in [0.15, 0.2) is 0 Å². The molecule has 0 aliphatic carbocycles. The summed E-state index contributed by atoms with van der Waals surface area (Å²) in [4.78, 5) is 17.5. The zero-order valence-corrected chi connectivity index (χ0v) is 12.3. The van der Waals surface area contributed by atoms with E-state index in [1.165, 1.54) is 11.3 Å². The van der Waals surface area contributed by atoms with Crippen molar-refractivity contribution in [3.63, 3.8) is 0 Å². The molecule has 0 spiro atoms. The van der Waals surface area contributed by atoms with Crippen LogP contribution in [0, 0.1) is 13.8 Å². The van der Waals surface area contributed by atoms with Gasteiger partial charge in [0.1, 0.15) is 4.88 Å². The van der Waals surface area contributed by atoms with Crippen LogP contribution in [-0.4, -0.2) is 10.9 Å². The molecule has 19 heavy (non-hydrogen) atoms. The molecule has 100 valence electrons. The van der Waals surface area contributed by atoms with E-state index in [1.807, 2.05) is 38.1 Å². The molecule has 2 rings (SSSR count). The Morgan fingerprint density at radius 1 is 1.32 bits per heavy atom. The number of amides is 1. The molecule has 0 bridgehead atoms. The maximum Gasteiger partial charge on any atom is 0.267 e. The van der Waals surface area contributed by atoms with Gasteiger partial charge in [-0.1, -0.05) is 31.5 Å². The SMILES string of the molecule is CCCc1nc(C)sc1C(=O)Nc1ccccc1C. The van der Waals surface area contributed by atoms with Crippen molar-refractivity contribution in [1.82, 2.24) is 4.98 Å². The first-order chi connectivity index (χ1) is 9.11. The van der Waals surface area contributed by atoms with Gasteiger partial charge in [0, 0.05) is 5.69 Å². The van der Waals surface area contributed by atoms with Gasteiger partial charge in [-0.05, 0) is 31.9 Å². The van der Waals surface area contributed by atoms with Gasteiger partial charge >= 0.3 is 0 Å². The summed E-state index contributed by atoms with van der Waals surface area (Å²) in [6.45, 7) is 6.02. The Morgan fingerprint density at radius 3 is 2.74 bits per heavy atom. The number of carbonyl (C=O) groups is 1. The molecule has 1 aromatic heterocycles. The lowest BCUT2D eigenvalue weighted by Crippen LogP contribution is -2.13. The average molecular weight is 274 g/mol. The molecule has 1 aromatic carbocycles. The van der Waals surface area contributed by atoms with Crippen molar-refractivity contribution in [3.8, 4) is 0 Å². The minimum Gasteiger partial charge on any atom is -0.321 e. The van der Waals surface area contributed by atoms with Crippen LogP contribution in [0.3, 0.4) is 0 Å². The van der Waals surface area contributed by atoms with E-state index in [-0.39, 0.29) is 5.91 Å². The van der Waals surface area contributed by atoms with Crippen molar-refractivity contribution in [2.24, 2.45) is 0 Å². The molecule has 1 heterocycles. The highest BCUT2D eigenvalue weighted by atomic mass is 32.1. The second kappa shape index (κ2) is 5.97. The van der Waals surface area contributed by atoms with Crippen LogP contribution in [0.25, 0.3) is 0 Å². The minimum atomic E-state index is -0.0525. The Kier molecular flexibility index (Phi) is 4.32. The van der Waals surface area contributed by atoms with Crippen molar-refractivity contribution in [2.45, 2.75) is 33.6 Å². The molecule has 0 fully saturated rings. The Labute approximate surface area is 117 Å². The van der Waals surface area contributed by atoms with Gasteiger partial charge < -0.3 is 5.32 Å². The predicted molar refractivity (Wildman–Crippen MR) is 80.0 cm³/mol. The lowest BCUT2D eigenvalue weighted by molar-refractivity contribution is 0.102. The van der Waals surface area contributed by atoms with Gasteiger partial charge in [-0.25, -0.2) is 4.98 Å². The summed E-state index contributed by atoms with van der Waals surface area (Å²) in [7, 11) is 0. The van der Waals surface area contributed by atoms with Crippen LogP contribution in [0.15, 0.2) is 24.3 Å². The highest BCUT2D eigenvalue weighted by Gasteiger charge is 2.16. The number of nitrogens with zero attached hydrogens (tertiary/aromatic N) is 1. The molecule has 0 aliphatic heterocycles. The molecule has 0 radical (unpaired) electrons. The molecule has 2 aromatic rings. The number of thiazole rings is 1. The summed E-state index contributed by atoms with van der Waals surface area (Å²) < 4.78 is 0. The lowest BCUT2D eigenvalue weighted by Gasteiger charge is -2.07. The van der Waals surface area contributed by atoms with Gasteiger partial charge in [0.05, 0.1) is 10.7 Å². The van der Waals surface area contributed by atoms with Crippen LogP contribution >= 0.6 is 11.3 Å². The molecule has 0 atom stereocenters. The topological polar surface area (TPSA) is 42.0 Å². The first-order valence-electron chi connectivity index (χ1n) is 6.45. The smallest absolute Gasteiger partial charge is 0.267 e. The van der Waals surface area contributed by atoms with Crippen molar-refractivity contribution in [1.29, 1.82) is 0 Å². The summed E-state index contributed by atoms with van der Waals surface area (Å²) in [6.07, 6.45) is 1.84. The second-order valence-electron chi connectivity index (χ2n) is 4.53. The molecule has 0 aliphatic rings. The number of anilines is 1. The summed E-state index contributed by atoms with van der Waals surface area (Å²) >= 11 is 1.46. The van der Waals surface area contributed by atoms with E-state index in [2.05, 4.69) is 17.2 Å². The van der Waals surface area contributed by atoms with E-state index in [9.17, 15) is 4.79 Å². The summed E-state index contributed by atoms with van der Waals surface area (Å²) in [5.74, 6) is -0.0525. The van der Waals surface area contributed by atoms with Gasteiger partial charge in [-0.15, -0.1) is 11.3 Å². The summed E-state index contributed by atoms with van der Waals surface area (Å²) in [5.41, 5.74) is 2.84. The van der Waals surface area contributed by atoms with Gasteiger partial charge in [0.25, 0.3) is 5.91 Å². The van der Waals surface area contributed by atoms with Crippen LogP contribution in [0.2, 0.25) is 0 Å². The van der Waals surface area contributed by atoms with Crippen molar-refractivity contribution in [2.75, 3.05) is 5.32 Å². The zero-order valence-electron chi connectivity index (χ0n) is 11.5. The number of aromatic nitrogens is 1. The highest BCUT2D eigenvalue weighted by Crippen LogP contribution is 2.22. The molecule has 3 nitrogen and oxygen atoms in total. The molecular weight excluding hydrogens is 256 g/mol. The van der Waals surface area contributed by atoms with Crippen molar-refractivity contribution >= 4 is 22.9 Å². The number of carbonyl (C=O) groups excluding carboxylic acids is 1. The lowest BCUT2D eigenvalue weighted by atomic mass is 10.2. The Hall–Kier alpha value is -1.68. The van der Waals surface area contributed by atoms with E-state index >= 15 is 0 Å². The van der Waals surface area contributed by atoms with Crippen LogP contribution in [0.5, 0.6) is 0 Å². The minimum absolute atomic E-state index is 0.0525. The quantitative estimate of drug-likeness (QED) is 0.916. The first kappa shape index (κ1) is 13.7. The molecule has 1 amide bonds. The number of hydrogen-bond acceptors (Lipinski definition) is 3. The number of aryl methyl sites for hydroxylation is 3. The van der Waals surface area contributed by atoms with Gasteiger partial charge in [-0.2, -0.15) is 0 Å². The standard InChI is InChI=1S/C15H18N2OS/c1-4-7-13-14(19-11(3)16-13)15(18)17-12-9-6-5-8-10(12)2/h5-6,8-9H,4,7H2,1-3H3,(H,17,18). The first-order valence-corrected chi connectivity index (χ1v) is 7.26.